The molecule has 0 aromatic rings. The first-order chi connectivity index (χ1) is 8.77. The second-order valence-electron chi connectivity index (χ2n) is 4.53. The van der Waals surface area contributed by atoms with Crippen molar-refractivity contribution in [3.8, 4) is 0 Å². The van der Waals surface area contributed by atoms with E-state index < -0.39 is 37.6 Å². The van der Waals surface area contributed by atoms with Crippen LogP contribution in [0.15, 0.2) is 0 Å². The van der Waals surface area contributed by atoms with Gasteiger partial charge in [-0.3, -0.25) is 0 Å². The third kappa shape index (κ3) is 7.55. The van der Waals surface area contributed by atoms with Gasteiger partial charge in [0, 0.05) is 6.54 Å². The molecule has 1 atom stereocenters. The minimum Gasteiger partial charge on any atom is -0.480 e. The van der Waals surface area contributed by atoms with Crippen LogP contribution in [0.5, 0.6) is 0 Å². The Bertz CT molecular complexity index is 300. The molecule has 0 saturated carbocycles. The normalized spacial score (nSPS) is 12.6. The van der Waals surface area contributed by atoms with Crippen LogP contribution >= 0.6 is 0 Å². The summed E-state index contributed by atoms with van der Waals surface area (Å²) in [5.74, 6) is -1.19. The highest BCUT2D eigenvalue weighted by Gasteiger charge is 2.25. The highest BCUT2D eigenvalue weighted by Crippen LogP contribution is 2.06. The molecule has 0 radical (unpaired) electrons. The summed E-state index contributed by atoms with van der Waals surface area (Å²) < 4.78 is 24.5. The number of aliphatic carboxylic acids is 1. The summed E-state index contributed by atoms with van der Waals surface area (Å²) in [6, 6.07) is -2.05. The second kappa shape index (κ2) is 8.63. The van der Waals surface area contributed by atoms with E-state index in [0.29, 0.717) is 4.90 Å². The van der Waals surface area contributed by atoms with Gasteiger partial charge in [0.25, 0.3) is 6.43 Å². The Kier molecular flexibility index (Phi) is 7.97. The van der Waals surface area contributed by atoms with Gasteiger partial charge in [0.05, 0.1) is 13.2 Å². The Labute approximate surface area is 110 Å². The van der Waals surface area contributed by atoms with Gasteiger partial charge in [0.1, 0.15) is 6.04 Å². The third-order valence-corrected chi connectivity index (χ3v) is 2.32. The number of carbonyl (C=O) groups excluding carboxylic acids is 1. The molecule has 0 aromatic heterocycles. The average molecular weight is 282 g/mol. The van der Waals surface area contributed by atoms with E-state index in [4.69, 9.17) is 10.2 Å². The first-order valence-corrected chi connectivity index (χ1v) is 5.95. The van der Waals surface area contributed by atoms with Gasteiger partial charge in [0.15, 0.2) is 0 Å². The quantitative estimate of drug-likeness (QED) is 0.613. The van der Waals surface area contributed by atoms with Gasteiger partial charge in [0.2, 0.25) is 0 Å². The van der Waals surface area contributed by atoms with Crippen LogP contribution in [0.25, 0.3) is 0 Å². The summed E-state index contributed by atoms with van der Waals surface area (Å²) in [7, 11) is 0. The van der Waals surface area contributed by atoms with Crippen molar-refractivity contribution in [2.45, 2.75) is 32.7 Å². The van der Waals surface area contributed by atoms with E-state index in [2.05, 4.69) is 5.32 Å². The summed E-state index contributed by atoms with van der Waals surface area (Å²) in [6.07, 6.45) is -2.55. The number of hydrogen-bond donors (Lipinski definition) is 3. The number of carbonyl (C=O) groups is 2. The molecule has 0 aliphatic rings. The zero-order valence-electron chi connectivity index (χ0n) is 11.0. The molecule has 0 unspecified atom stereocenters. The standard InChI is InChI=1S/C11H20F2N2O4/c1-7(2)5-8(10(17)18)14-11(19)15(3-4-16)6-9(12)13/h7-9,16H,3-6H2,1-2H3,(H,14,19)(H,17,18)/t8-/m1/s1. The van der Waals surface area contributed by atoms with Gasteiger partial charge >= 0.3 is 12.0 Å². The SMILES string of the molecule is CC(C)C[C@@H](NC(=O)N(CCO)CC(F)F)C(=O)O. The molecule has 0 aliphatic carbocycles. The number of aliphatic hydroxyl groups is 1. The van der Waals surface area contributed by atoms with Crippen LogP contribution in [0.4, 0.5) is 13.6 Å². The molecule has 8 heteroatoms. The van der Waals surface area contributed by atoms with Crippen molar-refractivity contribution in [2.75, 3.05) is 19.7 Å². The number of rotatable bonds is 8. The highest BCUT2D eigenvalue weighted by atomic mass is 19.3. The molecule has 0 heterocycles. The lowest BCUT2D eigenvalue weighted by Crippen LogP contribution is -2.50. The summed E-state index contributed by atoms with van der Waals surface area (Å²) in [4.78, 5) is 23.3. The molecule has 0 spiro atoms. The Balaban J connectivity index is 4.60. The fourth-order valence-corrected chi connectivity index (χ4v) is 1.50. The fourth-order valence-electron chi connectivity index (χ4n) is 1.50. The summed E-state index contributed by atoms with van der Waals surface area (Å²) >= 11 is 0. The van der Waals surface area contributed by atoms with Gasteiger partial charge < -0.3 is 20.4 Å². The van der Waals surface area contributed by atoms with E-state index >= 15 is 0 Å². The van der Waals surface area contributed by atoms with Crippen LogP contribution in [-0.2, 0) is 4.79 Å². The Morgan fingerprint density at radius 1 is 1.32 bits per heavy atom. The first-order valence-electron chi connectivity index (χ1n) is 5.95. The number of amides is 2. The number of urea groups is 1. The third-order valence-electron chi connectivity index (χ3n) is 2.32. The van der Waals surface area contributed by atoms with Gasteiger partial charge in [-0.15, -0.1) is 0 Å². The smallest absolute Gasteiger partial charge is 0.326 e. The number of carboxylic acid groups (broad SMARTS) is 1. The molecule has 112 valence electrons. The number of carboxylic acids is 1. The molecule has 3 N–H and O–H groups in total. The van der Waals surface area contributed by atoms with Crippen molar-refractivity contribution in [3.63, 3.8) is 0 Å². The zero-order chi connectivity index (χ0) is 15.0. The van der Waals surface area contributed by atoms with Gasteiger partial charge in [-0.05, 0) is 12.3 Å². The Morgan fingerprint density at radius 2 is 1.89 bits per heavy atom. The summed E-state index contributed by atoms with van der Waals surface area (Å²) in [6.45, 7) is 1.98. The number of alkyl halides is 2. The number of halogens is 2. The molecule has 0 aromatic carbocycles. The van der Waals surface area contributed by atoms with E-state index in [0.717, 1.165) is 0 Å². The number of nitrogens with one attached hydrogen (secondary N) is 1. The van der Waals surface area contributed by atoms with E-state index in [1.54, 1.807) is 13.8 Å². The topological polar surface area (TPSA) is 89.9 Å². The van der Waals surface area contributed by atoms with Crippen molar-refractivity contribution in [3.05, 3.63) is 0 Å². The number of nitrogens with zero attached hydrogens (tertiary/aromatic N) is 1. The molecule has 0 saturated heterocycles. The van der Waals surface area contributed by atoms with Crippen molar-refractivity contribution in [1.29, 1.82) is 0 Å². The molecule has 0 fully saturated rings. The maximum absolute atomic E-state index is 12.3. The van der Waals surface area contributed by atoms with Crippen molar-refractivity contribution in [1.82, 2.24) is 10.2 Å². The molecular weight excluding hydrogens is 262 g/mol. The maximum Gasteiger partial charge on any atom is 0.326 e. The van der Waals surface area contributed by atoms with Crippen LogP contribution in [0, 0.1) is 5.92 Å². The lowest BCUT2D eigenvalue weighted by Gasteiger charge is -2.24. The summed E-state index contributed by atoms with van der Waals surface area (Å²) in [5, 5.41) is 19.8. The zero-order valence-corrected chi connectivity index (χ0v) is 11.0. The average Bonchev–Trinajstić information content (AvgIpc) is 2.26. The van der Waals surface area contributed by atoms with E-state index in [-0.39, 0.29) is 18.9 Å². The molecule has 19 heavy (non-hydrogen) atoms. The van der Waals surface area contributed by atoms with Gasteiger partial charge in [-0.25, -0.2) is 18.4 Å². The largest absolute Gasteiger partial charge is 0.480 e. The van der Waals surface area contributed by atoms with Crippen LogP contribution < -0.4 is 5.32 Å². The van der Waals surface area contributed by atoms with E-state index in [1.165, 1.54) is 0 Å². The number of hydrogen-bond acceptors (Lipinski definition) is 3. The van der Waals surface area contributed by atoms with E-state index in [1.807, 2.05) is 0 Å². The monoisotopic (exact) mass is 282 g/mol. The number of aliphatic hydroxyl groups excluding tert-OH is 1. The first kappa shape index (κ1) is 17.6. The molecule has 6 nitrogen and oxygen atoms in total. The summed E-state index contributed by atoms with van der Waals surface area (Å²) in [5.41, 5.74) is 0. The molecule has 2 amide bonds. The molecule has 0 bridgehead atoms. The minimum atomic E-state index is -2.74. The van der Waals surface area contributed by atoms with Crippen LogP contribution in [0.2, 0.25) is 0 Å². The molecular formula is C11H20F2N2O4. The highest BCUT2D eigenvalue weighted by molar-refractivity contribution is 5.82. The van der Waals surface area contributed by atoms with Crippen molar-refractivity contribution in [2.24, 2.45) is 5.92 Å². The molecule has 0 aliphatic heterocycles. The minimum absolute atomic E-state index is 0.0304. The predicted octanol–water partition coefficient (Wildman–Crippen LogP) is 0.755. The lowest BCUT2D eigenvalue weighted by atomic mass is 10.0. The molecule has 0 rings (SSSR count). The Morgan fingerprint density at radius 3 is 2.26 bits per heavy atom. The Hall–Kier alpha value is -1.44. The van der Waals surface area contributed by atoms with Crippen LogP contribution in [0.3, 0.4) is 0 Å². The predicted molar refractivity (Wildman–Crippen MR) is 64.1 cm³/mol. The maximum atomic E-state index is 12.3. The lowest BCUT2D eigenvalue weighted by molar-refractivity contribution is -0.139. The van der Waals surface area contributed by atoms with Crippen LogP contribution in [0.1, 0.15) is 20.3 Å². The van der Waals surface area contributed by atoms with Crippen LogP contribution in [-0.4, -0.2) is 59.3 Å². The van der Waals surface area contributed by atoms with E-state index in [9.17, 15) is 18.4 Å². The fraction of sp³-hybridized carbons (Fsp3) is 0.818. The van der Waals surface area contributed by atoms with Crippen molar-refractivity contribution < 1.29 is 28.6 Å². The van der Waals surface area contributed by atoms with Crippen molar-refractivity contribution >= 4 is 12.0 Å². The second-order valence-corrected chi connectivity index (χ2v) is 4.53. The van der Waals surface area contributed by atoms with Gasteiger partial charge in [-0.1, -0.05) is 13.8 Å². The van der Waals surface area contributed by atoms with Gasteiger partial charge in [-0.2, -0.15) is 0 Å².